The van der Waals surface area contributed by atoms with E-state index in [4.69, 9.17) is 5.26 Å². The lowest BCUT2D eigenvalue weighted by Crippen LogP contribution is -2.12. The second-order valence-electron chi connectivity index (χ2n) is 5.18. The number of hydrogen-bond acceptors (Lipinski definition) is 4. The first-order chi connectivity index (χ1) is 11.3. The van der Waals surface area contributed by atoms with E-state index >= 15 is 0 Å². The molecule has 0 fully saturated rings. The average Bonchev–Trinajstić information content (AvgIpc) is 3.18. The summed E-state index contributed by atoms with van der Waals surface area (Å²) in [5.74, 6) is -0.272. The summed E-state index contributed by atoms with van der Waals surface area (Å²) in [6.45, 7) is 0.725. The third kappa shape index (κ3) is 3.37. The molecule has 2 heterocycles. The van der Waals surface area contributed by atoms with Gasteiger partial charge in [0.05, 0.1) is 23.5 Å². The van der Waals surface area contributed by atoms with E-state index in [2.05, 4.69) is 26.7 Å². The van der Waals surface area contributed by atoms with Crippen LogP contribution in [-0.2, 0) is 6.54 Å². The largest absolute Gasteiger partial charge is 0.318 e. The normalized spacial score (nSPS) is 10.6. The van der Waals surface area contributed by atoms with Crippen LogP contribution in [0.1, 0.15) is 29.8 Å². The Hall–Kier alpha value is -3.14. The van der Waals surface area contributed by atoms with E-state index in [1.807, 2.05) is 24.3 Å². The number of carbonyl (C=O) groups is 1. The Morgan fingerprint density at radius 3 is 3.09 bits per heavy atom. The Balaban J connectivity index is 1.64. The number of nitriles is 1. The Morgan fingerprint density at radius 2 is 2.22 bits per heavy atom. The number of hydrogen-bond donors (Lipinski definition) is 2. The van der Waals surface area contributed by atoms with Crippen molar-refractivity contribution in [3.05, 3.63) is 42.4 Å². The molecule has 116 valence electrons. The lowest BCUT2D eigenvalue weighted by Gasteiger charge is -2.00. The third-order valence-corrected chi connectivity index (χ3v) is 3.50. The highest BCUT2D eigenvalue weighted by Crippen LogP contribution is 2.16. The highest BCUT2D eigenvalue weighted by molar-refractivity contribution is 6.10. The number of aromatic nitrogens is 4. The summed E-state index contributed by atoms with van der Waals surface area (Å²) in [6.07, 6.45) is 5.66. The molecule has 3 aromatic rings. The molecule has 1 aromatic carbocycles. The quantitative estimate of drug-likeness (QED) is 0.684. The minimum atomic E-state index is -0.272. The van der Waals surface area contributed by atoms with Gasteiger partial charge in [0.1, 0.15) is 0 Å². The van der Waals surface area contributed by atoms with Crippen LogP contribution in [0.25, 0.3) is 10.9 Å². The van der Waals surface area contributed by atoms with Crippen LogP contribution in [-0.4, -0.2) is 25.9 Å². The minimum Gasteiger partial charge on any atom is -0.318 e. The van der Waals surface area contributed by atoms with Crippen LogP contribution < -0.4 is 5.32 Å². The van der Waals surface area contributed by atoms with Gasteiger partial charge < -0.3 is 5.32 Å². The maximum absolute atomic E-state index is 12.3. The summed E-state index contributed by atoms with van der Waals surface area (Å²) >= 11 is 0. The zero-order chi connectivity index (χ0) is 16.1. The molecule has 0 bridgehead atoms. The molecular formula is C16H16N6O. The van der Waals surface area contributed by atoms with Crippen LogP contribution >= 0.6 is 0 Å². The van der Waals surface area contributed by atoms with Crippen LogP contribution in [0.2, 0.25) is 0 Å². The molecule has 0 aliphatic heterocycles. The monoisotopic (exact) mass is 308 g/mol. The van der Waals surface area contributed by atoms with E-state index in [0.717, 1.165) is 30.3 Å². The van der Waals surface area contributed by atoms with Crippen molar-refractivity contribution in [3.8, 4) is 6.07 Å². The molecule has 3 rings (SSSR count). The number of amides is 1. The smallest absolute Gasteiger partial charge is 0.276 e. The van der Waals surface area contributed by atoms with Gasteiger partial charge in [-0.05, 0) is 18.9 Å². The SMILES string of the molecule is N#CCCCCn1cc(NC(=O)c2n[nH]c3ccccc23)cn1. The van der Waals surface area contributed by atoms with Gasteiger partial charge in [-0.25, -0.2) is 0 Å². The second-order valence-corrected chi connectivity index (χ2v) is 5.18. The number of H-pyrrole nitrogens is 1. The number of para-hydroxylation sites is 1. The number of carbonyl (C=O) groups excluding carboxylic acids is 1. The fourth-order valence-electron chi connectivity index (χ4n) is 2.36. The molecular weight excluding hydrogens is 292 g/mol. The van der Waals surface area contributed by atoms with Crippen molar-refractivity contribution < 1.29 is 4.79 Å². The molecule has 0 aliphatic rings. The fourth-order valence-corrected chi connectivity index (χ4v) is 2.36. The molecule has 2 aromatic heterocycles. The molecule has 0 aliphatic carbocycles. The van der Waals surface area contributed by atoms with Gasteiger partial charge >= 0.3 is 0 Å². The molecule has 0 radical (unpaired) electrons. The molecule has 7 heteroatoms. The molecule has 0 atom stereocenters. The van der Waals surface area contributed by atoms with Gasteiger partial charge in [0, 0.05) is 24.5 Å². The molecule has 1 amide bonds. The molecule has 7 nitrogen and oxygen atoms in total. The number of aromatic amines is 1. The predicted octanol–water partition coefficient (Wildman–Crippen LogP) is 2.71. The van der Waals surface area contributed by atoms with Crippen molar-refractivity contribution in [3.63, 3.8) is 0 Å². The van der Waals surface area contributed by atoms with Gasteiger partial charge in [-0.15, -0.1) is 0 Å². The second kappa shape index (κ2) is 6.75. The Morgan fingerprint density at radius 1 is 1.35 bits per heavy atom. The first kappa shape index (κ1) is 14.8. The number of rotatable bonds is 6. The van der Waals surface area contributed by atoms with Crippen molar-refractivity contribution in [2.24, 2.45) is 0 Å². The maximum atomic E-state index is 12.3. The van der Waals surface area contributed by atoms with Gasteiger partial charge in [0.15, 0.2) is 5.69 Å². The number of fused-ring (bicyclic) bond motifs is 1. The van der Waals surface area contributed by atoms with Gasteiger partial charge in [-0.1, -0.05) is 18.2 Å². The van der Waals surface area contributed by atoms with Crippen LogP contribution in [0.5, 0.6) is 0 Å². The number of anilines is 1. The first-order valence-corrected chi connectivity index (χ1v) is 7.42. The maximum Gasteiger partial charge on any atom is 0.276 e. The van der Waals surface area contributed by atoms with Gasteiger partial charge in [0.25, 0.3) is 5.91 Å². The Bertz CT molecular complexity index is 857. The van der Waals surface area contributed by atoms with Crippen LogP contribution in [0.4, 0.5) is 5.69 Å². The average molecular weight is 308 g/mol. The molecule has 0 spiro atoms. The summed E-state index contributed by atoms with van der Waals surface area (Å²) in [5.41, 5.74) is 1.82. The van der Waals surface area contributed by atoms with E-state index < -0.39 is 0 Å². The van der Waals surface area contributed by atoms with Crippen molar-refractivity contribution >= 4 is 22.5 Å². The highest BCUT2D eigenvalue weighted by atomic mass is 16.1. The van der Waals surface area contributed by atoms with Gasteiger partial charge in [-0.3, -0.25) is 14.6 Å². The first-order valence-electron chi connectivity index (χ1n) is 7.42. The third-order valence-electron chi connectivity index (χ3n) is 3.50. The summed E-state index contributed by atoms with van der Waals surface area (Å²) < 4.78 is 1.76. The van der Waals surface area contributed by atoms with Gasteiger partial charge in [-0.2, -0.15) is 15.5 Å². The van der Waals surface area contributed by atoms with Crippen LogP contribution in [0, 0.1) is 11.3 Å². The van der Waals surface area contributed by atoms with Crippen LogP contribution in [0.15, 0.2) is 36.7 Å². The Labute approximate surface area is 132 Å². The van der Waals surface area contributed by atoms with E-state index in [1.54, 1.807) is 17.1 Å². The lowest BCUT2D eigenvalue weighted by molar-refractivity contribution is 0.102. The number of nitrogens with zero attached hydrogens (tertiary/aromatic N) is 4. The lowest BCUT2D eigenvalue weighted by atomic mass is 10.2. The van der Waals surface area contributed by atoms with Crippen molar-refractivity contribution in [2.45, 2.75) is 25.8 Å². The van der Waals surface area contributed by atoms with E-state index in [-0.39, 0.29) is 5.91 Å². The Kier molecular flexibility index (Phi) is 4.34. The van der Waals surface area contributed by atoms with Crippen molar-refractivity contribution in [2.75, 3.05) is 5.32 Å². The number of aryl methyl sites for hydroxylation is 1. The zero-order valence-electron chi connectivity index (χ0n) is 12.5. The predicted molar refractivity (Wildman–Crippen MR) is 85.7 cm³/mol. The minimum absolute atomic E-state index is 0.272. The highest BCUT2D eigenvalue weighted by Gasteiger charge is 2.14. The molecule has 0 unspecified atom stereocenters. The topological polar surface area (TPSA) is 99.4 Å². The molecule has 0 saturated heterocycles. The summed E-state index contributed by atoms with van der Waals surface area (Å²) in [6, 6.07) is 9.60. The summed E-state index contributed by atoms with van der Waals surface area (Å²) in [5, 5.41) is 23.2. The number of unbranched alkanes of at least 4 members (excludes halogenated alkanes) is 2. The van der Waals surface area contributed by atoms with Gasteiger partial charge in [0.2, 0.25) is 0 Å². The van der Waals surface area contributed by atoms with E-state index in [9.17, 15) is 4.79 Å². The van der Waals surface area contributed by atoms with E-state index in [1.165, 1.54) is 0 Å². The molecule has 0 saturated carbocycles. The fraction of sp³-hybridized carbons (Fsp3) is 0.250. The standard InChI is InChI=1S/C16H16N6O/c17-8-4-1-5-9-22-11-12(10-18-22)19-16(23)15-13-6-2-3-7-14(13)20-21-15/h2-3,6-7,10-11H,1,4-5,9H2,(H,19,23)(H,20,21). The van der Waals surface area contributed by atoms with Crippen LogP contribution in [0.3, 0.4) is 0 Å². The van der Waals surface area contributed by atoms with Crippen molar-refractivity contribution in [1.82, 2.24) is 20.0 Å². The number of benzene rings is 1. The van der Waals surface area contributed by atoms with Crippen molar-refractivity contribution in [1.29, 1.82) is 5.26 Å². The molecule has 23 heavy (non-hydrogen) atoms. The van der Waals surface area contributed by atoms with E-state index in [0.29, 0.717) is 17.8 Å². The number of nitrogens with one attached hydrogen (secondary N) is 2. The zero-order valence-corrected chi connectivity index (χ0v) is 12.5. The summed E-state index contributed by atoms with van der Waals surface area (Å²) in [4.78, 5) is 12.3. The molecule has 2 N–H and O–H groups in total. The summed E-state index contributed by atoms with van der Waals surface area (Å²) in [7, 11) is 0.